The average Bonchev–Trinajstić information content (AvgIpc) is 2.65. The molecule has 0 amide bonds. The van der Waals surface area contributed by atoms with Crippen molar-refractivity contribution in [3.63, 3.8) is 0 Å². The summed E-state index contributed by atoms with van der Waals surface area (Å²) in [6.45, 7) is 7.00. The molecular weight excluding hydrogens is 188 g/mol. The van der Waals surface area contributed by atoms with E-state index in [9.17, 15) is 0 Å². The molecule has 1 aromatic rings. The lowest BCUT2D eigenvalue weighted by molar-refractivity contribution is -0.0691. The second-order valence-corrected chi connectivity index (χ2v) is 4.35. The van der Waals surface area contributed by atoms with Gasteiger partial charge in [-0.2, -0.15) is 0 Å². The van der Waals surface area contributed by atoms with Crippen LogP contribution in [0.15, 0.2) is 24.3 Å². The molecule has 2 nitrogen and oxygen atoms in total. The van der Waals surface area contributed by atoms with Gasteiger partial charge in [0.05, 0.1) is 12.7 Å². The maximum Gasteiger partial charge on any atom is 0.164 e. The number of rotatable bonds is 2. The van der Waals surface area contributed by atoms with Crippen molar-refractivity contribution >= 4 is 0 Å². The minimum Gasteiger partial charge on any atom is -0.349 e. The molecule has 0 aromatic heterocycles. The van der Waals surface area contributed by atoms with Crippen molar-refractivity contribution < 1.29 is 9.47 Å². The van der Waals surface area contributed by atoms with Crippen molar-refractivity contribution in [2.45, 2.75) is 39.1 Å². The van der Waals surface area contributed by atoms with Gasteiger partial charge in [-0.15, -0.1) is 0 Å². The summed E-state index contributed by atoms with van der Waals surface area (Å²) in [5, 5.41) is 0. The summed E-state index contributed by atoms with van der Waals surface area (Å²) < 4.78 is 11.3. The molecule has 1 fully saturated rings. The Bertz CT molecular complexity index is 318. The zero-order valence-electron chi connectivity index (χ0n) is 9.57. The molecule has 2 heteroatoms. The Morgan fingerprint density at radius 1 is 1.27 bits per heavy atom. The Labute approximate surface area is 91.2 Å². The lowest BCUT2D eigenvalue weighted by Crippen LogP contribution is -2.17. The van der Waals surface area contributed by atoms with E-state index in [0.29, 0.717) is 12.5 Å². The standard InChI is InChI=1S/C13H18O2/c1-9-4-6-12(7-5-9)11(3)13-14-8-10(2)15-13/h4-7,10-11,13H,8H2,1-3H3. The second kappa shape index (κ2) is 4.33. The second-order valence-electron chi connectivity index (χ2n) is 4.35. The van der Waals surface area contributed by atoms with Crippen molar-refractivity contribution in [1.29, 1.82) is 0 Å². The van der Waals surface area contributed by atoms with Crippen LogP contribution in [0.1, 0.15) is 30.9 Å². The maximum atomic E-state index is 5.69. The van der Waals surface area contributed by atoms with Crippen LogP contribution in [0, 0.1) is 6.92 Å². The Hall–Kier alpha value is -0.860. The molecule has 1 heterocycles. The molecule has 2 rings (SSSR count). The van der Waals surface area contributed by atoms with Crippen LogP contribution in [-0.2, 0) is 9.47 Å². The molecule has 82 valence electrons. The van der Waals surface area contributed by atoms with Gasteiger partial charge in [0.15, 0.2) is 6.29 Å². The zero-order chi connectivity index (χ0) is 10.8. The first-order valence-electron chi connectivity index (χ1n) is 5.50. The number of hydrogen-bond acceptors (Lipinski definition) is 2. The Kier molecular flexibility index (Phi) is 3.08. The third-order valence-electron chi connectivity index (χ3n) is 2.87. The molecule has 1 aliphatic rings. The van der Waals surface area contributed by atoms with Crippen LogP contribution in [0.3, 0.4) is 0 Å². The topological polar surface area (TPSA) is 18.5 Å². The molecule has 0 radical (unpaired) electrons. The fourth-order valence-corrected chi connectivity index (χ4v) is 1.83. The van der Waals surface area contributed by atoms with Gasteiger partial charge in [0.2, 0.25) is 0 Å². The lowest BCUT2D eigenvalue weighted by atomic mass is 9.99. The molecule has 3 atom stereocenters. The number of benzene rings is 1. The predicted molar refractivity (Wildman–Crippen MR) is 59.9 cm³/mol. The van der Waals surface area contributed by atoms with Gasteiger partial charge < -0.3 is 9.47 Å². The van der Waals surface area contributed by atoms with Gasteiger partial charge in [-0.1, -0.05) is 36.8 Å². The van der Waals surface area contributed by atoms with Crippen molar-refractivity contribution in [3.05, 3.63) is 35.4 Å². The molecule has 15 heavy (non-hydrogen) atoms. The highest BCUT2D eigenvalue weighted by atomic mass is 16.7. The normalized spacial score (nSPS) is 27.9. The van der Waals surface area contributed by atoms with Gasteiger partial charge in [-0.05, 0) is 19.4 Å². The third kappa shape index (κ3) is 2.39. The average molecular weight is 206 g/mol. The van der Waals surface area contributed by atoms with Gasteiger partial charge >= 0.3 is 0 Å². The summed E-state index contributed by atoms with van der Waals surface area (Å²) in [5.41, 5.74) is 2.56. The SMILES string of the molecule is Cc1ccc(C(C)C2OCC(C)O2)cc1. The van der Waals surface area contributed by atoms with Gasteiger partial charge in [0, 0.05) is 5.92 Å². The van der Waals surface area contributed by atoms with Gasteiger partial charge in [-0.25, -0.2) is 0 Å². The summed E-state index contributed by atoms with van der Waals surface area (Å²) in [6, 6.07) is 8.56. The minimum absolute atomic E-state index is 0.0808. The molecule has 1 aromatic carbocycles. The van der Waals surface area contributed by atoms with E-state index in [1.807, 2.05) is 6.92 Å². The van der Waals surface area contributed by atoms with E-state index in [1.165, 1.54) is 11.1 Å². The fourth-order valence-electron chi connectivity index (χ4n) is 1.83. The summed E-state index contributed by atoms with van der Waals surface area (Å²) in [7, 11) is 0. The van der Waals surface area contributed by atoms with Crippen LogP contribution in [0.4, 0.5) is 0 Å². The van der Waals surface area contributed by atoms with E-state index in [1.54, 1.807) is 0 Å². The summed E-state index contributed by atoms with van der Waals surface area (Å²) in [5.74, 6) is 0.301. The number of hydrogen-bond donors (Lipinski definition) is 0. The van der Waals surface area contributed by atoms with E-state index < -0.39 is 0 Å². The van der Waals surface area contributed by atoms with E-state index in [-0.39, 0.29) is 12.4 Å². The summed E-state index contributed by atoms with van der Waals surface area (Å²) in [4.78, 5) is 0. The Balaban J connectivity index is 2.07. The zero-order valence-corrected chi connectivity index (χ0v) is 9.57. The highest BCUT2D eigenvalue weighted by Crippen LogP contribution is 2.27. The van der Waals surface area contributed by atoms with Gasteiger partial charge in [0.25, 0.3) is 0 Å². The summed E-state index contributed by atoms with van der Waals surface area (Å²) in [6.07, 6.45) is 0.144. The van der Waals surface area contributed by atoms with Crippen molar-refractivity contribution in [1.82, 2.24) is 0 Å². The largest absolute Gasteiger partial charge is 0.349 e. The number of aryl methyl sites for hydroxylation is 1. The van der Waals surface area contributed by atoms with Crippen molar-refractivity contribution in [3.8, 4) is 0 Å². The molecule has 0 bridgehead atoms. The smallest absolute Gasteiger partial charge is 0.164 e. The Morgan fingerprint density at radius 2 is 1.93 bits per heavy atom. The maximum absolute atomic E-state index is 5.69. The monoisotopic (exact) mass is 206 g/mol. The molecule has 3 unspecified atom stereocenters. The molecule has 0 N–H and O–H groups in total. The minimum atomic E-state index is -0.0808. The first-order chi connectivity index (χ1) is 7.16. The van der Waals surface area contributed by atoms with E-state index >= 15 is 0 Å². The van der Waals surface area contributed by atoms with Crippen LogP contribution in [-0.4, -0.2) is 19.0 Å². The molecule has 1 saturated heterocycles. The molecule has 0 aliphatic carbocycles. The van der Waals surface area contributed by atoms with E-state index in [4.69, 9.17) is 9.47 Å². The number of ether oxygens (including phenoxy) is 2. The first-order valence-corrected chi connectivity index (χ1v) is 5.50. The quantitative estimate of drug-likeness (QED) is 0.740. The predicted octanol–water partition coefficient (Wildman–Crippen LogP) is 2.86. The van der Waals surface area contributed by atoms with Gasteiger partial charge in [-0.3, -0.25) is 0 Å². The first kappa shape index (κ1) is 10.7. The van der Waals surface area contributed by atoms with Crippen LogP contribution < -0.4 is 0 Å². The summed E-state index contributed by atoms with van der Waals surface area (Å²) >= 11 is 0. The van der Waals surface area contributed by atoms with E-state index in [0.717, 1.165) is 0 Å². The highest BCUT2D eigenvalue weighted by Gasteiger charge is 2.28. The molecule has 0 saturated carbocycles. The van der Waals surface area contributed by atoms with E-state index in [2.05, 4.69) is 38.1 Å². The van der Waals surface area contributed by atoms with Crippen molar-refractivity contribution in [2.75, 3.05) is 6.61 Å². The molecular formula is C13H18O2. The van der Waals surface area contributed by atoms with Gasteiger partial charge in [0.1, 0.15) is 0 Å². The molecule has 0 spiro atoms. The van der Waals surface area contributed by atoms with Crippen LogP contribution in [0.25, 0.3) is 0 Å². The third-order valence-corrected chi connectivity index (χ3v) is 2.87. The Morgan fingerprint density at radius 3 is 2.47 bits per heavy atom. The van der Waals surface area contributed by atoms with Crippen LogP contribution >= 0.6 is 0 Å². The van der Waals surface area contributed by atoms with Crippen LogP contribution in [0.5, 0.6) is 0 Å². The lowest BCUT2D eigenvalue weighted by Gasteiger charge is -2.18. The highest BCUT2D eigenvalue weighted by molar-refractivity contribution is 5.24. The van der Waals surface area contributed by atoms with Crippen molar-refractivity contribution in [2.24, 2.45) is 0 Å². The fraction of sp³-hybridized carbons (Fsp3) is 0.538. The molecule has 1 aliphatic heterocycles. The van der Waals surface area contributed by atoms with Crippen LogP contribution in [0.2, 0.25) is 0 Å².